The number of benzene rings is 1. The second kappa shape index (κ2) is 15.4. The van der Waals surface area contributed by atoms with Gasteiger partial charge in [0, 0.05) is 62.9 Å². The van der Waals surface area contributed by atoms with Gasteiger partial charge >= 0.3 is 6.03 Å². The Kier molecular flexibility index (Phi) is 11.1. The number of methoxy groups -OCH3 is 1. The van der Waals surface area contributed by atoms with Gasteiger partial charge in [0.2, 0.25) is 23.6 Å². The van der Waals surface area contributed by atoms with Gasteiger partial charge in [-0.1, -0.05) is 25.1 Å². The highest BCUT2D eigenvalue weighted by Gasteiger charge is 2.64. The first-order chi connectivity index (χ1) is 24.4. The monoisotopic (exact) mass is 706 g/mol. The summed E-state index contributed by atoms with van der Waals surface area (Å²) in [7, 11) is 1.67. The largest absolute Gasteiger partial charge is 0.424 e. The molecule has 3 fully saturated rings. The zero-order chi connectivity index (χ0) is 36.3. The average Bonchev–Trinajstić information content (AvgIpc) is 3.93. The fraction of sp³-hybridized carbons (Fsp3) is 0.676. The normalized spacial score (nSPS) is 26.5. The van der Waals surface area contributed by atoms with Crippen LogP contribution in [0, 0.1) is 26.7 Å². The lowest BCUT2D eigenvalue weighted by Crippen LogP contribution is -2.51. The smallest absolute Gasteiger partial charge is 0.320 e. The van der Waals surface area contributed by atoms with Crippen LogP contribution in [0.15, 0.2) is 27.1 Å². The van der Waals surface area contributed by atoms with Crippen molar-refractivity contribution in [3.63, 3.8) is 0 Å². The van der Waals surface area contributed by atoms with Crippen LogP contribution in [0.4, 0.5) is 10.5 Å². The maximum absolute atomic E-state index is 13.8. The van der Waals surface area contributed by atoms with E-state index in [9.17, 15) is 9.59 Å². The number of anilines is 1. The van der Waals surface area contributed by atoms with E-state index >= 15 is 0 Å². The molecule has 14 nitrogen and oxygen atoms in total. The fourth-order valence-electron chi connectivity index (χ4n) is 8.71. The summed E-state index contributed by atoms with van der Waals surface area (Å²) >= 11 is 0. The molecule has 14 heteroatoms. The predicted molar refractivity (Wildman–Crippen MR) is 189 cm³/mol. The molecule has 1 aliphatic carbocycles. The Morgan fingerprint density at radius 2 is 1.84 bits per heavy atom. The Labute approximate surface area is 300 Å². The van der Waals surface area contributed by atoms with Crippen LogP contribution in [-0.2, 0) is 19.8 Å². The predicted octanol–water partition coefficient (Wildman–Crippen LogP) is 5.61. The van der Waals surface area contributed by atoms with Crippen LogP contribution >= 0.6 is 0 Å². The van der Waals surface area contributed by atoms with Crippen molar-refractivity contribution in [3.05, 3.63) is 52.8 Å². The number of aryl methyl sites for hydroxylation is 3. The van der Waals surface area contributed by atoms with Crippen LogP contribution in [0.25, 0.3) is 0 Å². The molecule has 2 bridgehead atoms. The fourth-order valence-corrected chi connectivity index (χ4v) is 8.71. The second-order valence-electron chi connectivity index (χ2n) is 15.0. The Balaban J connectivity index is 1.25. The van der Waals surface area contributed by atoms with Crippen molar-refractivity contribution >= 4 is 17.6 Å². The molecule has 4 heterocycles. The lowest BCUT2D eigenvalue weighted by Gasteiger charge is -2.43. The Morgan fingerprint density at radius 1 is 1.02 bits per heavy atom. The van der Waals surface area contributed by atoms with E-state index in [4.69, 9.17) is 23.4 Å². The third-order valence-corrected chi connectivity index (χ3v) is 11.3. The molecule has 6 atom stereocenters. The van der Waals surface area contributed by atoms with Gasteiger partial charge in [-0.15, -0.1) is 10.2 Å². The molecule has 51 heavy (non-hydrogen) atoms. The highest BCUT2D eigenvalue weighted by molar-refractivity contribution is 5.90. The average molecular weight is 707 g/mol. The van der Waals surface area contributed by atoms with Gasteiger partial charge in [0.05, 0.1) is 12.6 Å². The van der Waals surface area contributed by atoms with Crippen LogP contribution < -0.4 is 16.0 Å². The Hall–Kier alpha value is -3.88. The second-order valence-corrected chi connectivity index (χ2v) is 15.0. The zero-order valence-corrected chi connectivity index (χ0v) is 31.1. The minimum absolute atomic E-state index is 0.0193. The lowest BCUT2D eigenvalue weighted by molar-refractivity contribution is -0.123. The molecular weight excluding hydrogens is 652 g/mol. The van der Waals surface area contributed by atoms with Gasteiger partial charge in [0.25, 0.3) is 0 Å². The number of ether oxygens (including phenoxy) is 2. The van der Waals surface area contributed by atoms with Crippen LogP contribution in [0.5, 0.6) is 0 Å². The molecule has 278 valence electrons. The first-order valence-corrected chi connectivity index (χ1v) is 18.4. The summed E-state index contributed by atoms with van der Waals surface area (Å²) < 4.78 is 22.5. The lowest BCUT2D eigenvalue weighted by atomic mass is 9.73. The summed E-state index contributed by atoms with van der Waals surface area (Å²) in [5.41, 5.74) is 1.83. The number of aromatic nitrogens is 4. The summed E-state index contributed by atoms with van der Waals surface area (Å²) in [5.74, 6) is 2.28. The van der Waals surface area contributed by atoms with Gasteiger partial charge in [0.1, 0.15) is 5.54 Å². The molecule has 2 saturated heterocycles. The van der Waals surface area contributed by atoms with E-state index in [1.54, 1.807) is 14.0 Å². The minimum Gasteiger partial charge on any atom is -0.424 e. The van der Waals surface area contributed by atoms with Gasteiger partial charge in [-0.2, -0.15) is 4.98 Å². The summed E-state index contributed by atoms with van der Waals surface area (Å²) in [6, 6.07) is 5.44. The van der Waals surface area contributed by atoms with E-state index in [0.29, 0.717) is 62.6 Å². The zero-order valence-electron chi connectivity index (χ0n) is 31.1. The summed E-state index contributed by atoms with van der Waals surface area (Å²) in [6.07, 6.45) is 5.80. The van der Waals surface area contributed by atoms with Gasteiger partial charge in [-0.25, -0.2) is 4.79 Å². The van der Waals surface area contributed by atoms with E-state index in [0.717, 1.165) is 48.9 Å². The number of hydrogen-bond donors (Lipinski definition) is 3. The third kappa shape index (κ3) is 7.68. The number of carbonyl (C=O) groups is 2. The number of rotatable bonds is 15. The van der Waals surface area contributed by atoms with Crippen molar-refractivity contribution in [2.75, 3.05) is 32.2 Å². The van der Waals surface area contributed by atoms with Crippen LogP contribution in [-0.4, -0.2) is 81.7 Å². The Bertz CT molecular complexity index is 1680. The van der Waals surface area contributed by atoms with Crippen molar-refractivity contribution in [3.8, 4) is 0 Å². The van der Waals surface area contributed by atoms with Crippen molar-refractivity contribution < 1.29 is 28.0 Å². The molecule has 2 aromatic heterocycles. The summed E-state index contributed by atoms with van der Waals surface area (Å²) in [6.45, 7) is 13.6. The molecule has 1 saturated carbocycles. The summed E-state index contributed by atoms with van der Waals surface area (Å²) in [4.78, 5) is 34.4. The number of fused-ring (bicyclic) bond motifs is 2. The molecule has 2 aliphatic heterocycles. The SMILES string of the molecule is COCCCOCCC(=O)N[C@@H]1C[C@@]2(C3CCC(NC(=O)Nc4ccc(C)c(C)c4)(c4noc(C(C)C)n4)C3)CC[C@@H]1N2[C@H](C)c1nnc(C)o1. The standard InChI is InChI=1S/C37H54N8O6/c1-22(2)32-40-34(44-51-32)36(41-35(47)38-28-10-9-23(3)24(4)19-28)14-11-27(20-36)37-15-12-30(45(37)25(5)33-43-42-26(6)50-33)29(21-37)39-31(46)13-18-49-17-8-16-48-7/h9-10,19,22,25,27,29-30H,8,11-18,20-21H2,1-7H3,(H,39,46)(H2,38,41,47)/t25-,27?,29-,30+,36?,37-/m1/s1. The molecule has 3 aromatic rings. The molecule has 6 rings (SSSR count). The number of amides is 3. The van der Waals surface area contributed by atoms with Crippen LogP contribution in [0.3, 0.4) is 0 Å². The minimum atomic E-state index is -0.852. The highest BCUT2D eigenvalue weighted by atomic mass is 16.5. The van der Waals surface area contributed by atoms with Gasteiger partial charge in [-0.3, -0.25) is 9.69 Å². The molecule has 0 radical (unpaired) electrons. The van der Waals surface area contributed by atoms with Crippen molar-refractivity contribution in [2.24, 2.45) is 5.92 Å². The quantitative estimate of drug-likeness (QED) is 0.168. The molecule has 0 spiro atoms. The molecule has 3 amide bonds. The molecule has 3 N–H and O–H groups in total. The number of urea groups is 1. The van der Waals surface area contributed by atoms with Gasteiger partial charge in [0.15, 0.2) is 5.82 Å². The van der Waals surface area contributed by atoms with Crippen LogP contribution in [0.1, 0.15) is 119 Å². The number of nitrogens with zero attached hydrogens (tertiary/aromatic N) is 5. The first kappa shape index (κ1) is 36.9. The summed E-state index contributed by atoms with van der Waals surface area (Å²) in [5, 5.41) is 22.8. The maximum atomic E-state index is 13.8. The van der Waals surface area contributed by atoms with Gasteiger partial charge in [-0.05, 0) is 94.9 Å². The van der Waals surface area contributed by atoms with Crippen molar-refractivity contribution in [1.29, 1.82) is 0 Å². The topological polar surface area (TPSA) is 170 Å². The van der Waals surface area contributed by atoms with E-state index in [2.05, 4.69) is 43.1 Å². The number of hydrogen-bond acceptors (Lipinski definition) is 11. The first-order valence-electron chi connectivity index (χ1n) is 18.4. The third-order valence-electron chi connectivity index (χ3n) is 11.3. The van der Waals surface area contributed by atoms with E-state index < -0.39 is 5.54 Å². The molecule has 1 aromatic carbocycles. The highest BCUT2D eigenvalue weighted by Crippen LogP contribution is 2.59. The van der Waals surface area contributed by atoms with E-state index in [1.165, 1.54) is 0 Å². The molecular formula is C37H54N8O6. The number of nitrogens with one attached hydrogen (secondary N) is 3. The molecule has 2 unspecified atom stereocenters. The number of carbonyl (C=O) groups excluding carboxylic acids is 2. The van der Waals surface area contributed by atoms with Crippen LogP contribution in [0.2, 0.25) is 0 Å². The maximum Gasteiger partial charge on any atom is 0.320 e. The van der Waals surface area contributed by atoms with Crippen molar-refractivity contribution in [2.45, 2.75) is 128 Å². The van der Waals surface area contributed by atoms with E-state index in [1.807, 2.05) is 45.9 Å². The Morgan fingerprint density at radius 3 is 2.55 bits per heavy atom. The van der Waals surface area contributed by atoms with Gasteiger partial charge < -0.3 is 34.4 Å². The van der Waals surface area contributed by atoms with Crippen molar-refractivity contribution in [1.82, 2.24) is 35.9 Å². The molecule has 3 aliphatic rings. The van der Waals surface area contributed by atoms with E-state index in [-0.39, 0.29) is 47.4 Å².